The molecule has 0 saturated carbocycles. The number of anilines is 3. The zero-order valence-corrected chi connectivity index (χ0v) is 16.0. The van der Waals surface area contributed by atoms with Gasteiger partial charge in [0.1, 0.15) is 17.9 Å². The van der Waals surface area contributed by atoms with E-state index in [-0.39, 0.29) is 17.4 Å². The van der Waals surface area contributed by atoms with Gasteiger partial charge in [0, 0.05) is 17.2 Å². The lowest BCUT2D eigenvalue weighted by molar-refractivity contribution is -0.137. The summed E-state index contributed by atoms with van der Waals surface area (Å²) in [6, 6.07) is 12.2. The van der Waals surface area contributed by atoms with E-state index in [2.05, 4.69) is 26.6 Å². The van der Waals surface area contributed by atoms with Crippen LogP contribution in [0.4, 0.5) is 30.4 Å². The molecule has 3 aromatic rings. The molecule has 0 spiro atoms. The highest BCUT2D eigenvalue weighted by molar-refractivity contribution is 7.95. The van der Waals surface area contributed by atoms with Crippen molar-refractivity contribution in [2.24, 2.45) is 0 Å². The number of nitrogens with zero attached hydrogens (tertiary/aromatic N) is 2. The van der Waals surface area contributed by atoms with Crippen molar-refractivity contribution >= 4 is 27.2 Å². The average molecular weight is 436 g/mol. The molecular weight excluding hydrogens is 421 g/mol. The number of ether oxygens (including phenoxy) is 1. The van der Waals surface area contributed by atoms with E-state index >= 15 is 0 Å². The van der Waals surface area contributed by atoms with Crippen molar-refractivity contribution in [2.45, 2.75) is 6.18 Å². The molecule has 0 aliphatic heterocycles. The zero-order valence-electron chi connectivity index (χ0n) is 15.2. The summed E-state index contributed by atoms with van der Waals surface area (Å²) >= 11 is 0. The lowest BCUT2D eigenvalue weighted by Gasteiger charge is -2.11. The van der Waals surface area contributed by atoms with Crippen molar-refractivity contribution in [2.75, 3.05) is 10.0 Å². The van der Waals surface area contributed by atoms with Gasteiger partial charge in [-0.15, -0.1) is 0 Å². The number of hydrogen-bond donors (Lipinski definition) is 2. The van der Waals surface area contributed by atoms with Crippen molar-refractivity contribution in [3.8, 4) is 11.6 Å². The third kappa shape index (κ3) is 5.70. The highest BCUT2D eigenvalue weighted by Gasteiger charge is 2.30. The van der Waals surface area contributed by atoms with Gasteiger partial charge in [-0.1, -0.05) is 18.7 Å². The quantitative estimate of drug-likeness (QED) is 0.546. The first-order chi connectivity index (χ1) is 14.1. The van der Waals surface area contributed by atoms with Gasteiger partial charge in [0.15, 0.2) is 0 Å². The fourth-order valence-electron chi connectivity index (χ4n) is 2.33. The summed E-state index contributed by atoms with van der Waals surface area (Å²) in [5, 5.41) is 3.72. The predicted octanol–water partition coefficient (Wildman–Crippen LogP) is 4.92. The van der Waals surface area contributed by atoms with Gasteiger partial charge in [0.25, 0.3) is 10.0 Å². The molecule has 0 amide bonds. The van der Waals surface area contributed by atoms with Gasteiger partial charge in [-0.05, 0) is 36.4 Å². The van der Waals surface area contributed by atoms with Gasteiger partial charge in [0.05, 0.1) is 11.3 Å². The normalized spacial score (nSPS) is 11.6. The van der Waals surface area contributed by atoms with E-state index in [0.29, 0.717) is 11.4 Å². The van der Waals surface area contributed by atoms with Crippen LogP contribution in [-0.4, -0.2) is 18.4 Å². The Morgan fingerprint density at radius 1 is 1.00 bits per heavy atom. The molecule has 156 valence electrons. The Labute approximate surface area is 170 Å². The van der Waals surface area contributed by atoms with E-state index < -0.39 is 21.8 Å². The number of alkyl halides is 3. The molecule has 0 unspecified atom stereocenters. The van der Waals surface area contributed by atoms with Crippen molar-refractivity contribution < 1.29 is 26.3 Å². The Hall–Kier alpha value is -3.60. The number of hydrogen-bond acceptors (Lipinski definition) is 6. The number of benzene rings is 2. The second-order valence-corrected chi connectivity index (χ2v) is 7.52. The monoisotopic (exact) mass is 436 g/mol. The van der Waals surface area contributed by atoms with Crippen LogP contribution in [0.15, 0.2) is 72.9 Å². The smallest absolute Gasteiger partial charge is 0.416 e. The fourth-order valence-corrected chi connectivity index (χ4v) is 2.87. The van der Waals surface area contributed by atoms with E-state index in [1.807, 2.05) is 0 Å². The summed E-state index contributed by atoms with van der Waals surface area (Å²) in [5.41, 5.74) is -0.0384. The summed E-state index contributed by atoms with van der Waals surface area (Å²) in [7, 11) is -3.66. The lowest BCUT2D eigenvalue weighted by Crippen LogP contribution is -2.08. The minimum absolute atomic E-state index is 0.0235. The van der Waals surface area contributed by atoms with Crippen LogP contribution >= 0.6 is 0 Å². The molecular formula is C19H15F3N4O3S. The van der Waals surface area contributed by atoms with Crippen molar-refractivity contribution in [3.05, 3.63) is 78.5 Å². The Morgan fingerprint density at radius 3 is 2.47 bits per heavy atom. The molecule has 2 aromatic carbocycles. The lowest BCUT2D eigenvalue weighted by atomic mass is 10.2. The minimum Gasteiger partial charge on any atom is -0.439 e. The highest BCUT2D eigenvalue weighted by Crippen LogP contribution is 2.32. The maximum atomic E-state index is 12.8. The molecule has 0 atom stereocenters. The Morgan fingerprint density at radius 2 is 1.73 bits per heavy atom. The van der Waals surface area contributed by atoms with E-state index in [4.69, 9.17) is 4.74 Å². The third-order valence-electron chi connectivity index (χ3n) is 3.64. The molecule has 0 aliphatic rings. The molecule has 7 nitrogen and oxygen atoms in total. The van der Waals surface area contributed by atoms with Crippen LogP contribution in [0.25, 0.3) is 0 Å². The molecule has 1 aromatic heterocycles. The Bertz CT molecular complexity index is 1170. The molecule has 0 fully saturated rings. The van der Waals surface area contributed by atoms with Crippen LogP contribution in [0.3, 0.4) is 0 Å². The van der Waals surface area contributed by atoms with Crippen LogP contribution in [0.2, 0.25) is 0 Å². The standard InChI is InChI=1S/C19H15F3N4O3S/c1-2-30(27,28)26-15-7-4-6-14(10-15)25-17-11-18(24-12-23-17)29-16-8-3-5-13(9-16)19(20,21)22/h2-12,26H,1H2,(H,23,24,25). The highest BCUT2D eigenvalue weighted by atomic mass is 32.2. The number of sulfonamides is 1. The summed E-state index contributed by atoms with van der Waals surface area (Å²) in [4.78, 5) is 7.90. The number of aromatic nitrogens is 2. The van der Waals surface area contributed by atoms with Gasteiger partial charge >= 0.3 is 6.18 Å². The SMILES string of the molecule is C=CS(=O)(=O)Nc1cccc(Nc2cc(Oc3cccc(C(F)(F)F)c3)ncn2)c1. The first kappa shape index (κ1) is 21.1. The molecule has 1 heterocycles. The summed E-state index contributed by atoms with van der Waals surface area (Å²) < 4.78 is 69.4. The second kappa shape index (κ2) is 8.41. The minimum atomic E-state index is -4.49. The number of nitrogens with one attached hydrogen (secondary N) is 2. The fraction of sp³-hybridized carbons (Fsp3) is 0.0526. The molecule has 3 rings (SSSR count). The first-order valence-electron chi connectivity index (χ1n) is 8.34. The van der Waals surface area contributed by atoms with Gasteiger partial charge in [-0.3, -0.25) is 4.72 Å². The molecule has 0 aliphatic carbocycles. The van der Waals surface area contributed by atoms with Gasteiger partial charge < -0.3 is 10.1 Å². The summed E-state index contributed by atoms with van der Waals surface area (Å²) in [6.45, 7) is 3.22. The van der Waals surface area contributed by atoms with E-state index in [1.54, 1.807) is 18.2 Å². The second-order valence-electron chi connectivity index (χ2n) is 5.89. The Kier molecular flexibility index (Phi) is 5.92. The van der Waals surface area contributed by atoms with Gasteiger partial charge in [-0.2, -0.15) is 13.2 Å². The van der Waals surface area contributed by atoms with Gasteiger partial charge in [0.2, 0.25) is 5.88 Å². The first-order valence-corrected chi connectivity index (χ1v) is 9.89. The maximum Gasteiger partial charge on any atom is 0.416 e. The predicted molar refractivity (Wildman–Crippen MR) is 106 cm³/mol. The van der Waals surface area contributed by atoms with Crippen LogP contribution in [0.5, 0.6) is 11.6 Å². The number of rotatable bonds is 7. The van der Waals surface area contributed by atoms with Gasteiger partial charge in [-0.25, -0.2) is 18.4 Å². The largest absolute Gasteiger partial charge is 0.439 e. The van der Waals surface area contributed by atoms with Crippen molar-refractivity contribution in [1.29, 1.82) is 0 Å². The molecule has 0 radical (unpaired) electrons. The summed E-state index contributed by atoms with van der Waals surface area (Å²) in [6.07, 6.45) is -3.31. The average Bonchev–Trinajstić information content (AvgIpc) is 2.68. The Balaban J connectivity index is 1.76. The molecule has 0 bridgehead atoms. The molecule has 2 N–H and O–H groups in total. The van der Waals surface area contributed by atoms with Crippen molar-refractivity contribution in [3.63, 3.8) is 0 Å². The maximum absolute atomic E-state index is 12.8. The van der Waals surface area contributed by atoms with Crippen LogP contribution in [0, 0.1) is 0 Å². The van der Waals surface area contributed by atoms with E-state index in [1.165, 1.54) is 30.6 Å². The molecule has 11 heteroatoms. The van der Waals surface area contributed by atoms with Crippen LogP contribution < -0.4 is 14.8 Å². The van der Waals surface area contributed by atoms with Crippen LogP contribution in [-0.2, 0) is 16.2 Å². The topological polar surface area (TPSA) is 93.2 Å². The van der Waals surface area contributed by atoms with Crippen LogP contribution in [0.1, 0.15) is 5.56 Å². The molecule has 0 saturated heterocycles. The number of halogens is 3. The van der Waals surface area contributed by atoms with E-state index in [9.17, 15) is 21.6 Å². The van der Waals surface area contributed by atoms with E-state index in [0.717, 1.165) is 17.5 Å². The van der Waals surface area contributed by atoms with Crippen molar-refractivity contribution in [1.82, 2.24) is 9.97 Å². The third-order valence-corrected chi connectivity index (χ3v) is 4.60. The summed E-state index contributed by atoms with van der Waals surface area (Å²) in [5.74, 6) is 0.279. The zero-order chi connectivity index (χ0) is 21.8. The molecule has 30 heavy (non-hydrogen) atoms.